The van der Waals surface area contributed by atoms with Crippen LogP contribution in [0, 0.1) is 5.92 Å². The van der Waals surface area contributed by atoms with Gasteiger partial charge < -0.3 is 20.1 Å². The number of rotatable bonds is 6. The first kappa shape index (κ1) is 15.8. The number of nitrogens with zero attached hydrogens (tertiary/aromatic N) is 1. The van der Waals surface area contributed by atoms with Crippen molar-refractivity contribution >= 4 is 12.0 Å². The molecule has 19 heavy (non-hydrogen) atoms. The predicted octanol–water partition coefficient (Wildman–Crippen LogP) is 1.31. The molecule has 1 fully saturated rings. The second-order valence-corrected chi connectivity index (χ2v) is 5.29. The van der Waals surface area contributed by atoms with Crippen LogP contribution < -0.4 is 5.32 Å². The lowest BCUT2D eigenvalue weighted by Gasteiger charge is -2.28. The Morgan fingerprint density at radius 3 is 2.68 bits per heavy atom. The van der Waals surface area contributed by atoms with Crippen molar-refractivity contribution in [1.82, 2.24) is 10.2 Å². The number of likely N-dealkylation sites (tertiary alicyclic amines) is 1. The van der Waals surface area contributed by atoms with Crippen molar-refractivity contribution in [2.24, 2.45) is 5.92 Å². The Morgan fingerprint density at radius 1 is 1.47 bits per heavy atom. The fourth-order valence-corrected chi connectivity index (χ4v) is 2.47. The summed E-state index contributed by atoms with van der Waals surface area (Å²) in [5, 5.41) is 11.5. The molecule has 0 saturated carbocycles. The van der Waals surface area contributed by atoms with Gasteiger partial charge in [0.1, 0.15) is 0 Å². The number of carbonyl (C=O) groups excluding carboxylic acids is 1. The van der Waals surface area contributed by atoms with E-state index in [1.165, 1.54) is 7.11 Å². The van der Waals surface area contributed by atoms with E-state index >= 15 is 0 Å². The quantitative estimate of drug-likeness (QED) is 0.764. The molecule has 0 bridgehead atoms. The Hall–Kier alpha value is -1.30. The van der Waals surface area contributed by atoms with E-state index in [1.807, 2.05) is 4.90 Å². The topological polar surface area (TPSA) is 78.9 Å². The van der Waals surface area contributed by atoms with Crippen LogP contribution in [-0.4, -0.2) is 54.4 Å². The number of methoxy groups -OCH3 is 1. The minimum Gasteiger partial charge on any atom is -0.481 e. The number of hydrogen-bond acceptors (Lipinski definition) is 3. The molecule has 1 aliphatic heterocycles. The summed E-state index contributed by atoms with van der Waals surface area (Å²) >= 11 is 0. The summed E-state index contributed by atoms with van der Waals surface area (Å²) in [6, 6.07) is 0.157. The van der Waals surface area contributed by atoms with E-state index in [2.05, 4.69) is 19.2 Å². The summed E-state index contributed by atoms with van der Waals surface area (Å²) in [7, 11) is 1.45. The van der Waals surface area contributed by atoms with Crippen LogP contribution in [0.3, 0.4) is 0 Å². The molecule has 0 radical (unpaired) electrons. The number of hydrogen-bond donors (Lipinski definition) is 2. The Labute approximate surface area is 114 Å². The van der Waals surface area contributed by atoms with Gasteiger partial charge in [0.15, 0.2) is 0 Å². The van der Waals surface area contributed by atoms with Crippen molar-refractivity contribution in [3.63, 3.8) is 0 Å². The average molecular weight is 272 g/mol. The van der Waals surface area contributed by atoms with Crippen LogP contribution in [0.25, 0.3) is 0 Å². The molecule has 0 aliphatic carbocycles. The highest BCUT2D eigenvalue weighted by Gasteiger charge is 2.30. The summed E-state index contributed by atoms with van der Waals surface area (Å²) in [6.45, 7) is 5.21. The van der Waals surface area contributed by atoms with Crippen molar-refractivity contribution in [3.05, 3.63) is 0 Å². The third-order valence-corrected chi connectivity index (χ3v) is 3.55. The summed E-state index contributed by atoms with van der Waals surface area (Å²) in [6.07, 6.45) is 1.47. The van der Waals surface area contributed by atoms with Gasteiger partial charge in [0, 0.05) is 26.2 Å². The molecule has 0 aromatic heterocycles. The minimum atomic E-state index is -0.928. The fraction of sp³-hybridized carbons (Fsp3) is 0.846. The van der Waals surface area contributed by atoms with Crippen molar-refractivity contribution in [2.45, 2.75) is 45.3 Å². The van der Waals surface area contributed by atoms with E-state index in [0.29, 0.717) is 5.92 Å². The highest BCUT2D eigenvalue weighted by atomic mass is 16.5. The maximum absolute atomic E-state index is 12.1. The second kappa shape index (κ2) is 7.33. The van der Waals surface area contributed by atoms with E-state index in [1.54, 1.807) is 0 Å². The maximum atomic E-state index is 12.1. The van der Waals surface area contributed by atoms with Crippen molar-refractivity contribution < 1.29 is 19.4 Å². The van der Waals surface area contributed by atoms with E-state index in [0.717, 1.165) is 19.4 Å². The van der Waals surface area contributed by atoms with Crippen molar-refractivity contribution in [1.29, 1.82) is 0 Å². The number of carbonyl (C=O) groups is 2. The van der Waals surface area contributed by atoms with Gasteiger partial charge in [0.05, 0.1) is 12.5 Å². The fourth-order valence-electron chi connectivity index (χ4n) is 2.47. The second-order valence-electron chi connectivity index (χ2n) is 5.29. The van der Waals surface area contributed by atoms with Crippen LogP contribution in [0.15, 0.2) is 0 Å². The average Bonchev–Trinajstić information content (AvgIpc) is 2.82. The number of aliphatic carboxylic acids is 1. The van der Waals surface area contributed by atoms with Gasteiger partial charge in [0.2, 0.25) is 0 Å². The lowest BCUT2D eigenvalue weighted by molar-refractivity contribution is -0.139. The lowest BCUT2D eigenvalue weighted by Crippen LogP contribution is -2.47. The monoisotopic (exact) mass is 272 g/mol. The van der Waals surface area contributed by atoms with Crippen LogP contribution in [0.5, 0.6) is 0 Å². The number of amides is 2. The van der Waals surface area contributed by atoms with Gasteiger partial charge in [-0.05, 0) is 18.8 Å². The molecule has 0 aromatic carbocycles. The van der Waals surface area contributed by atoms with Crippen LogP contribution in [0.1, 0.15) is 33.1 Å². The molecule has 0 aromatic rings. The predicted molar refractivity (Wildman–Crippen MR) is 71.0 cm³/mol. The molecule has 1 heterocycles. The van der Waals surface area contributed by atoms with Gasteiger partial charge in [0.25, 0.3) is 0 Å². The van der Waals surface area contributed by atoms with Gasteiger partial charge in [-0.3, -0.25) is 4.79 Å². The van der Waals surface area contributed by atoms with E-state index < -0.39 is 12.1 Å². The summed E-state index contributed by atoms with van der Waals surface area (Å²) in [5.74, 6) is -0.493. The largest absolute Gasteiger partial charge is 0.481 e. The van der Waals surface area contributed by atoms with Crippen molar-refractivity contribution in [3.8, 4) is 0 Å². The van der Waals surface area contributed by atoms with Gasteiger partial charge in [-0.1, -0.05) is 13.8 Å². The number of carboxylic acid groups (broad SMARTS) is 1. The Kier molecular flexibility index (Phi) is 6.08. The van der Waals surface area contributed by atoms with Gasteiger partial charge in [-0.2, -0.15) is 0 Å². The molecule has 110 valence electrons. The number of nitrogens with one attached hydrogen (secondary N) is 1. The summed E-state index contributed by atoms with van der Waals surface area (Å²) in [4.78, 5) is 24.5. The Balaban J connectivity index is 2.43. The molecule has 1 rings (SSSR count). The van der Waals surface area contributed by atoms with Gasteiger partial charge in [-0.25, -0.2) is 4.79 Å². The summed E-state index contributed by atoms with van der Waals surface area (Å²) in [5.41, 5.74) is 0. The van der Waals surface area contributed by atoms with Crippen molar-refractivity contribution in [2.75, 3.05) is 20.2 Å². The molecule has 6 heteroatoms. The first-order valence-electron chi connectivity index (χ1n) is 6.74. The molecular weight excluding hydrogens is 248 g/mol. The third kappa shape index (κ3) is 4.70. The van der Waals surface area contributed by atoms with Gasteiger partial charge in [-0.15, -0.1) is 0 Å². The molecule has 1 aliphatic rings. The molecule has 1 saturated heterocycles. The number of ether oxygens (including phenoxy) is 1. The summed E-state index contributed by atoms with van der Waals surface area (Å²) < 4.78 is 5.03. The molecule has 2 N–H and O–H groups in total. The van der Waals surface area contributed by atoms with Crippen LogP contribution in [0.4, 0.5) is 4.79 Å². The lowest BCUT2D eigenvalue weighted by atomic mass is 10.0. The molecular formula is C13H24N2O4. The molecule has 2 unspecified atom stereocenters. The number of carboxylic acids is 1. The normalized spacial score (nSPS) is 20.6. The van der Waals surface area contributed by atoms with E-state index in [4.69, 9.17) is 9.84 Å². The number of urea groups is 1. The first-order chi connectivity index (χ1) is 8.95. The minimum absolute atomic E-state index is 0.107. The third-order valence-electron chi connectivity index (χ3n) is 3.55. The molecule has 2 amide bonds. The first-order valence-corrected chi connectivity index (χ1v) is 6.74. The zero-order valence-corrected chi connectivity index (χ0v) is 11.9. The molecule has 6 nitrogen and oxygen atoms in total. The highest BCUT2D eigenvalue weighted by Crippen LogP contribution is 2.23. The van der Waals surface area contributed by atoms with E-state index in [-0.39, 0.29) is 25.0 Å². The Morgan fingerprint density at radius 2 is 2.16 bits per heavy atom. The highest BCUT2D eigenvalue weighted by molar-refractivity contribution is 5.75. The standard InChI is InChI=1S/C13H24N2O4/c1-9(2)11-5-4-6-15(11)13(18)14-8-10(19-3)7-12(16)17/h9-11H,4-8H2,1-3H3,(H,14,18)(H,16,17). The van der Waals surface area contributed by atoms with Gasteiger partial charge >= 0.3 is 12.0 Å². The van der Waals surface area contributed by atoms with E-state index in [9.17, 15) is 9.59 Å². The Bertz CT molecular complexity index is 320. The zero-order chi connectivity index (χ0) is 14.4. The smallest absolute Gasteiger partial charge is 0.317 e. The van der Waals surface area contributed by atoms with Crippen LogP contribution in [-0.2, 0) is 9.53 Å². The maximum Gasteiger partial charge on any atom is 0.317 e. The molecule has 0 spiro atoms. The van der Waals surface area contributed by atoms with Crippen LogP contribution >= 0.6 is 0 Å². The van der Waals surface area contributed by atoms with Crippen LogP contribution in [0.2, 0.25) is 0 Å². The zero-order valence-electron chi connectivity index (χ0n) is 11.9. The molecule has 2 atom stereocenters. The SMILES string of the molecule is COC(CNC(=O)N1CCCC1C(C)C)CC(=O)O.